The molecule has 152 valence electrons. The number of hydrogen-bond donors (Lipinski definition) is 1. The van der Waals surface area contributed by atoms with Gasteiger partial charge in [0.25, 0.3) is 0 Å². The van der Waals surface area contributed by atoms with Crippen LogP contribution in [0.4, 0.5) is 10.7 Å². The number of Topliss-reactive ketones (excluding diaryl/α,β-unsaturated/α-hetero) is 1. The van der Waals surface area contributed by atoms with E-state index < -0.39 is 10.8 Å². The molecule has 0 bridgehead atoms. The van der Waals surface area contributed by atoms with Crippen molar-refractivity contribution in [2.75, 3.05) is 4.90 Å². The van der Waals surface area contributed by atoms with Crippen LogP contribution in [0.3, 0.4) is 0 Å². The number of nitriles is 1. The third-order valence-electron chi connectivity index (χ3n) is 5.40. The molecule has 2 heterocycles. The van der Waals surface area contributed by atoms with Crippen molar-refractivity contribution in [3.05, 3.63) is 78.6 Å². The Morgan fingerprint density at radius 3 is 2.77 bits per heavy atom. The maximum atomic E-state index is 13.0. The van der Waals surface area contributed by atoms with Gasteiger partial charge in [0.1, 0.15) is 5.82 Å². The van der Waals surface area contributed by atoms with Crippen molar-refractivity contribution in [2.24, 2.45) is 5.73 Å². The largest absolute Gasteiger partial charge is 0.384 e. The van der Waals surface area contributed by atoms with Crippen LogP contribution in [0, 0.1) is 28.4 Å². The van der Waals surface area contributed by atoms with Gasteiger partial charge in [0, 0.05) is 33.7 Å². The van der Waals surface area contributed by atoms with Gasteiger partial charge >= 0.3 is 5.00 Å². The van der Waals surface area contributed by atoms with E-state index in [-0.39, 0.29) is 22.2 Å². The van der Waals surface area contributed by atoms with Crippen LogP contribution in [0.5, 0.6) is 0 Å². The lowest BCUT2D eigenvalue weighted by molar-refractivity contribution is -0.380. The molecule has 0 saturated carbocycles. The van der Waals surface area contributed by atoms with Crippen molar-refractivity contribution >= 4 is 39.4 Å². The van der Waals surface area contributed by atoms with Gasteiger partial charge in [0.2, 0.25) is 0 Å². The number of thiophene rings is 1. The summed E-state index contributed by atoms with van der Waals surface area (Å²) in [5.74, 6) is -0.549. The number of rotatable bonds is 3. The molecule has 0 radical (unpaired) electrons. The molecule has 1 aromatic heterocycles. The Kier molecular flexibility index (Phi) is 5.10. The van der Waals surface area contributed by atoms with Gasteiger partial charge in [-0.3, -0.25) is 19.8 Å². The zero-order chi connectivity index (χ0) is 21.6. The number of benzene rings is 1. The first-order valence-corrected chi connectivity index (χ1v) is 10.5. The Balaban J connectivity index is 1.98. The molecule has 1 aromatic carbocycles. The maximum Gasteiger partial charge on any atom is 0.324 e. The van der Waals surface area contributed by atoms with Crippen molar-refractivity contribution in [1.29, 1.82) is 5.26 Å². The van der Waals surface area contributed by atoms with E-state index in [1.165, 1.54) is 6.07 Å². The molecule has 0 amide bonds. The molecule has 1 aliphatic heterocycles. The number of ketones is 1. The molecule has 9 heteroatoms. The fourth-order valence-electron chi connectivity index (χ4n) is 4.07. The highest BCUT2D eigenvalue weighted by Gasteiger charge is 2.41. The minimum Gasteiger partial charge on any atom is -0.384 e. The van der Waals surface area contributed by atoms with Gasteiger partial charge in [-0.15, -0.1) is 0 Å². The number of nitrogens with zero attached hydrogens (tertiary/aromatic N) is 3. The Bertz CT molecular complexity index is 1190. The molecule has 2 aliphatic rings. The van der Waals surface area contributed by atoms with E-state index in [9.17, 15) is 20.2 Å². The van der Waals surface area contributed by atoms with Crippen molar-refractivity contribution in [2.45, 2.75) is 32.1 Å². The SMILES string of the molecule is Cc1ccc(Cl)cc1N1C(N)=C(C#N)[C@H](c2ccc([N+](=O)[O-])s2)C2=C1CCCC2=O. The van der Waals surface area contributed by atoms with Gasteiger partial charge in [-0.2, -0.15) is 5.26 Å². The van der Waals surface area contributed by atoms with Crippen LogP contribution in [-0.2, 0) is 4.79 Å². The van der Waals surface area contributed by atoms with E-state index in [4.69, 9.17) is 17.3 Å². The van der Waals surface area contributed by atoms with Gasteiger partial charge in [-0.1, -0.05) is 29.0 Å². The summed E-state index contributed by atoms with van der Waals surface area (Å²) in [6, 6.07) is 10.5. The molecule has 1 atom stereocenters. The Morgan fingerprint density at radius 2 is 2.10 bits per heavy atom. The van der Waals surface area contributed by atoms with Crippen LogP contribution in [0.1, 0.15) is 35.6 Å². The topological polar surface area (TPSA) is 113 Å². The highest BCUT2D eigenvalue weighted by molar-refractivity contribution is 7.15. The second kappa shape index (κ2) is 7.59. The van der Waals surface area contributed by atoms with Crippen molar-refractivity contribution in [1.82, 2.24) is 0 Å². The highest BCUT2D eigenvalue weighted by Crippen LogP contribution is 2.49. The van der Waals surface area contributed by atoms with Crippen molar-refractivity contribution in [3.63, 3.8) is 0 Å². The average Bonchev–Trinajstić information content (AvgIpc) is 3.20. The molecule has 0 spiro atoms. The molecule has 1 aliphatic carbocycles. The van der Waals surface area contributed by atoms with E-state index in [1.54, 1.807) is 23.1 Å². The normalized spacial score (nSPS) is 19.0. The summed E-state index contributed by atoms with van der Waals surface area (Å²) >= 11 is 7.18. The zero-order valence-corrected chi connectivity index (χ0v) is 17.6. The summed E-state index contributed by atoms with van der Waals surface area (Å²) in [4.78, 5) is 26.1. The number of nitrogens with two attached hydrogens (primary N) is 1. The minimum absolute atomic E-state index is 0.0422. The quantitative estimate of drug-likeness (QED) is 0.535. The molecular weight excluding hydrogens is 424 g/mol. The van der Waals surface area contributed by atoms with Crippen molar-refractivity contribution in [3.8, 4) is 6.07 Å². The number of halogens is 1. The van der Waals surface area contributed by atoms with Crippen LogP contribution in [0.15, 0.2) is 53.0 Å². The number of allylic oxidation sites excluding steroid dienone is 3. The number of anilines is 1. The predicted molar refractivity (Wildman–Crippen MR) is 115 cm³/mol. The molecule has 2 N–H and O–H groups in total. The molecule has 4 rings (SSSR count). The maximum absolute atomic E-state index is 13.0. The second-order valence-electron chi connectivity index (χ2n) is 7.18. The fourth-order valence-corrected chi connectivity index (χ4v) is 5.17. The van der Waals surface area contributed by atoms with E-state index in [2.05, 4.69) is 6.07 Å². The van der Waals surface area contributed by atoms with Gasteiger partial charge in [-0.05, 0) is 43.5 Å². The van der Waals surface area contributed by atoms with Gasteiger partial charge in [-0.25, -0.2) is 0 Å². The Labute approximate surface area is 181 Å². The van der Waals surface area contributed by atoms with Gasteiger partial charge in [0.05, 0.1) is 28.2 Å². The van der Waals surface area contributed by atoms with E-state index in [0.29, 0.717) is 40.4 Å². The third-order valence-corrected chi connectivity index (χ3v) is 6.74. The van der Waals surface area contributed by atoms with Crippen molar-refractivity contribution < 1.29 is 9.72 Å². The Morgan fingerprint density at radius 1 is 1.33 bits per heavy atom. The minimum atomic E-state index is -0.702. The number of hydrogen-bond acceptors (Lipinski definition) is 7. The number of carbonyl (C=O) groups excluding carboxylic acids is 1. The zero-order valence-electron chi connectivity index (χ0n) is 16.0. The summed E-state index contributed by atoms with van der Waals surface area (Å²) in [5.41, 5.74) is 9.54. The fraction of sp³-hybridized carbons (Fsp3) is 0.238. The first-order chi connectivity index (χ1) is 14.3. The standard InChI is InChI=1S/C21H17ClN4O3S/c1-11-5-6-12(22)9-15(11)25-14-3-2-4-16(27)20(14)19(13(10-23)21(25)24)17-7-8-18(30-17)26(28)29/h5-9,19H,2-4,24H2,1H3/t19-/m1/s1. The molecule has 0 saturated heterocycles. The summed E-state index contributed by atoms with van der Waals surface area (Å²) < 4.78 is 0. The van der Waals surface area contributed by atoms with E-state index in [0.717, 1.165) is 22.6 Å². The number of nitro groups is 1. The molecule has 0 fully saturated rings. The first kappa shape index (κ1) is 20.1. The third kappa shape index (κ3) is 3.16. The first-order valence-electron chi connectivity index (χ1n) is 9.30. The molecule has 30 heavy (non-hydrogen) atoms. The summed E-state index contributed by atoms with van der Waals surface area (Å²) in [5, 5.41) is 21.6. The molecular formula is C21H17ClN4O3S. The lowest BCUT2D eigenvalue weighted by Crippen LogP contribution is -2.38. The molecule has 2 aromatic rings. The summed E-state index contributed by atoms with van der Waals surface area (Å²) in [7, 11) is 0. The average molecular weight is 441 g/mol. The lowest BCUT2D eigenvalue weighted by Gasteiger charge is -2.39. The monoisotopic (exact) mass is 440 g/mol. The summed E-state index contributed by atoms with van der Waals surface area (Å²) in [6.07, 6.45) is 1.64. The number of aryl methyl sites for hydroxylation is 1. The molecule has 7 nitrogen and oxygen atoms in total. The van der Waals surface area contributed by atoms with Crippen LogP contribution >= 0.6 is 22.9 Å². The van der Waals surface area contributed by atoms with Crippen LogP contribution in [0.2, 0.25) is 5.02 Å². The predicted octanol–water partition coefficient (Wildman–Crippen LogP) is 4.92. The highest BCUT2D eigenvalue weighted by atomic mass is 35.5. The molecule has 0 unspecified atom stereocenters. The van der Waals surface area contributed by atoms with Gasteiger partial charge in [0.15, 0.2) is 5.78 Å². The van der Waals surface area contributed by atoms with E-state index in [1.807, 2.05) is 13.0 Å². The number of carbonyl (C=O) groups is 1. The van der Waals surface area contributed by atoms with E-state index >= 15 is 0 Å². The van der Waals surface area contributed by atoms with Crippen LogP contribution < -0.4 is 10.6 Å². The van der Waals surface area contributed by atoms with Crippen LogP contribution in [0.25, 0.3) is 0 Å². The Hall–Kier alpha value is -3.15. The second-order valence-corrected chi connectivity index (χ2v) is 8.71. The lowest BCUT2D eigenvalue weighted by atomic mass is 9.78. The smallest absolute Gasteiger partial charge is 0.324 e. The summed E-state index contributed by atoms with van der Waals surface area (Å²) in [6.45, 7) is 1.91. The van der Waals surface area contributed by atoms with Crippen LogP contribution in [-0.4, -0.2) is 10.7 Å². The van der Waals surface area contributed by atoms with Gasteiger partial charge < -0.3 is 5.73 Å².